The molecule has 0 amide bonds. The van der Waals surface area contributed by atoms with Crippen molar-refractivity contribution in [2.75, 3.05) is 0 Å². The van der Waals surface area contributed by atoms with Gasteiger partial charge in [-0.3, -0.25) is 0 Å². The quantitative estimate of drug-likeness (QED) is 0.132. The van der Waals surface area contributed by atoms with E-state index in [1.54, 1.807) is 0 Å². The van der Waals surface area contributed by atoms with E-state index in [0.29, 0.717) is 17.5 Å². The van der Waals surface area contributed by atoms with Gasteiger partial charge in [0, 0.05) is 66.8 Å². The molecule has 3 aromatic heterocycles. The van der Waals surface area contributed by atoms with Gasteiger partial charge in [0.1, 0.15) is 34.5 Å². The minimum Gasteiger partial charge on any atom is -0.456 e. The normalized spacial score (nSPS) is 13.3. The van der Waals surface area contributed by atoms with Crippen molar-refractivity contribution in [3.8, 4) is 181 Å². The van der Waals surface area contributed by atoms with Crippen LogP contribution in [0.2, 0.25) is 0 Å². The minimum absolute atomic E-state index is 0.550. The van der Waals surface area contributed by atoms with Crippen molar-refractivity contribution in [2.24, 2.45) is 0 Å². The lowest BCUT2D eigenvalue weighted by molar-refractivity contribution is 0.437. The molecule has 0 saturated heterocycles. The van der Waals surface area contributed by atoms with Crippen molar-refractivity contribution in [1.82, 2.24) is 29.9 Å². The number of benzene rings is 21. The molecule has 9 nitrogen and oxygen atoms in total. The summed E-state index contributed by atoms with van der Waals surface area (Å²) in [5.41, 5.74) is 36.4. The van der Waals surface area contributed by atoms with Crippen molar-refractivity contribution in [1.29, 1.82) is 0 Å². The third kappa shape index (κ3) is 13.4. The van der Waals surface area contributed by atoms with Crippen molar-refractivity contribution in [2.45, 2.75) is 16.2 Å². The monoisotopic (exact) mass is 1860 g/mol. The van der Waals surface area contributed by atoms with Crippen LogP contribution >= 0.6 is 0 Å². The fourth-order valence-corrected chi connectivity index (χ4v) is 23.9. The van der Waals surface area contributed by atoms with Gasteiger partial charge in [-0.15, -0.1) is 0 Å². The van der Waals surface area contributed by atoms with Crippen LogP contribution in [-0.2, 0) is 16.2 Å². The molecule has 0 fully saturated rings. The van der Waals surface area contributed by atoms with E-state index in [-0.39, 0.29) is 0 Å². The predicted octanol–water partition coefficient (Wildman–Crippen LogP) is 33.8. The molecule has 0 bridgehead atoms. The lowest BCUT2D eigenvalue weighted by Gasteiger charge is -2.39. The molecule has 6 heterocycles. The second kappa shape index (κ2) is 34.6. The van der Waals surface area contributed by atoms with Gasteiger partial charge in [0.05, 0.1) is 67.1 Å². The van der Waals surface area contributed by atoms with Crippen LogP contribution in [0.15, 0.2) is 522 Å². The highest BCUT2D eigenvalue weighted by atomic mass is 16.5. The molecule has 3 spiro atoms. The van der Waals surface area contributed by atoms with E-state index in [4.69, 9.17) is 44.1 Å². The first kappa shape index (κ1) is 84.8. The van der Waals surface area contributed by atoms with Gasteiger partial charge in [0.15, 0.2) is 17.5 Å². The number of fused-ring (bicyclic) bond motifs is 29. The number of hydrogen-bond acceptors (Lipinski definition) is 9. The van der Waals surface area contributed by atoms with E-state index in [1.165, 1.54) is 82.9 Å². The fourth-order valence-electron chi connectivity index (χ4n) is 23.9. The van der Waals surface area contributed by atoms with Gasteiger partial charge in [0.2, 0.25) is 0 Å². The Hall–Kier alpha value is -19.2. The van der Waals surface area contributed by atoms with Gasteiger partial charge in [-0.05, 0) is 160 Å². The third-order valence-electron chi connectivity index (χ3n) is 30.1. The van der Waals surface area contributed by atoms with Gasteiger partial charge in [-0.2, -0.15) is 0 Å². The summed E-state index contributed by atoms with van der Waals surface area (Å²) in [5.74, 6) is 6.77. The zero-order valence-electron chi connectivity index (χ0n) is 79.1. The van der Waals surface area contributed by atoms with Gasteiger partial charge in [-0.25, -0.2) is 29.9 Å². The SMILES string of the molecule is c1ccc(-c2cc(-c3ccc4ccccc4c3)nc(-c3cccc4c3Oc3ccccc3C43c4ccccc4-c4ccccc43)n2)cc1.c1ccc(-c2cc(-c3cccc4ccccc34)nc(-c3cccc4c3Oc3ccccc3C43c4ccccc4-c4ccccc43)n2)cc1.c1ccc(-c2cc(-c3ccccc3-c3ccccc3)nc(-c3cccc4c3Oc3ccccc3C43c4ccccc4-c4ccccc43)n2)cc1. The number of rotatable bonds is 10. The Morgan fingerprint density at radius 1 is 0.137 bits per heavy atom. The van der Waals surface area contributed by atoms with Crippen molar-refractivity contribution in [3.05, 3.63) is 588 Å². The molecule has 0 saturated carbocycles. The first-order chi connectivity index (χ1) is 72.4. The summed E-state index contributed by atoms with van der Waals surface area (Å²) in [7, 11) is 0. The molecule has 9 heteroatoms. The molecular formula is C137H86N6O3. The maximum Gasteiger partial charge on any atom is 0.164 e. The van der Waals surface area contributed by atoms with Crippen LogP contribution in [-0.4, -0.2) is 29.9 Å². The number of para-hydroxylation sites is 6. The number of aromatic nitrogens is 6. The summed E-state index contributed by atoms with van der Waals surface area (Å²) >= 11 is 0. The molecule has 3 aliphatic carbocycles. The largest absolute Gasteiger partial charge is 0.456 e. The lowest BCUT2D eigenvalue weighted by Crippen LogP contribution is -2.32. The zero-order valence-corrected chi connectivity index (χ0v) is 79.1. The summed E-state index contributed by atoms with van der Waals surface area (Å²) in [5, 5.41) is 4.70. The van der Waals surface area contributed by atoms with Crippen LogP contribution in [0.5, 0.6) is 34.5 Å². The Kier molecular flexibility index (Phi) is 20.1. The summed E-state index contributed by atoms with van der Waals surface area (Å²) in [6.45, 7) is 0. The predicted molar refractivity (Wildman–Crippen MR) is 588 cm³/mol. The highest BCUT2D eigenvalue weighted by Gasteiger charge is 2.55. The van der Waals surface area contributed by atoms with E-state index in [2.05, 4.69) is 497 Å². The first-order valence-electron chi connectivity index (χ1n) is 49.7. The van der Waals surface area contributed by atoms with Gasteiger partial charge >= 0.3 is 0 Å². The Morgan fingerprint density at radius 3 is 0.767 bits per heavy atom. The Morgan fingerprint density at radius 2 is 0.384 bits per heavy atom. The van der Waals surface area contributed by atoms with Gasteiger partial charge in [0.25, 0.3) is 0 Å². The van der Waals surface area contributed by atoms with E-state index >= 15 is 0 Å². The van der Waals surface area contributed by atoms with Crippen molar-refractivity contribution < 1.29 is 14.2 Å². The topological polar surface area (TPSA) is 105 Å². The maximum atomic E-state index is 6.98. The summed E-state index contributed by atoms with van der Waals surface area (Å²) in [4.78, 5) is 31.7. The molecule has 0 atom stereocenters. The van der Waals surface area contributed by atoms with Gasteiger partial charge < -0.3 is 14.2 Å². The van der Waals surface area contributed by atoms with E-state index in [9.17, 15) is 0 Å². The Bertz CT molecular complexity index is 9240. The zero-order chi connectivity index (χ0) is 96.4. The smallest absolute Gasteiger partial charge is 0.164 e. The van der Waals surface area contributed by atoms with Gasteiger partial charge in [-0.1, -0.05) is 461 Å². The Balaban J connectivity index is 0.000000106. The molecule has 146 heavy (non-hydrogen) atoms. The Labute approximate surface area is 845 Å². The molecule has 30 rings (SSSR count). The van der Waals surface area contributed by atoms with Crippen molar-refractivity contribution >= 4 is 21.5 Å². The highest BCUT2D eigenvalue weighted by Crippen LogP contribution is 2.68. The second-order valence-electron chi connectivity index (χ2n) is 37.8. The van der Waals surface area contributed by atoms with Crippen molar-refractivity contribution in [3.63, 3.8) is 0 Å². The number of nitrogens with zero attached hydrogens (tertiary/aromatic N) is 6. The van der Waals surface area contributed by atoms with E-state index in [0.717, 1.165) is 169 Å². The number of hydrogen-bond donors (Lipinski definition) is 0. The molecule has 0 N–H and O–H groups in total. The minimum atomic E-state index is -0.562. The fraction of sp³-hybridized carbons (Fsp3) is 0.0219. The average molecular weight is 1860 g/mol. The third-order valence-corrected chi connectivity index (χ3v) is 30.1. The van der Waals surface area contributed by atoms with E-state index < -0.39 is 16.2 Å². The summed E-state index contributed by atoms with van der Waals surface area (Å²) in [6, 6.07) is 184. The summed E-state index contributed by atoms with van der Waals surface area (Å²) < 4.78 is 20.9. The maximum absolute atomic E-state index is 6.98. The molecule has 3 aliphatic heterocycles. The first-order valence-corrected chi connectivity index (χ1v) is 49.7. The van der Waals surface area contributed by atoms with Crippen LogP contribution in [0.3, 0.4) is 0 Å². The van der Waals surface area contributed by atoms with Crippen LogP contribution in [0, 0.1) is 0 Å². The second-order valence-corrected chi connectivity index (χ2v) is 37.8. The molecule has 682 valence electrons. The number of ether oxygens (including phenoxy) is 3. The molecular weight excluding hydrogens is 1780 g/mol. The van der Waals surface area contributed by atoms with E-state index in [1.807, 2.05) is 24.3 Å². The standard InChI is InChI=1S/C47H30N2O.2C45H28N2O/c1-3-16-31(17-4-1)33-20-7-8-23-36(33)43-30-42(32-18-5-2-6-19-32)48-46(49-43)37-24-15-28-41-45(37)50-44-29-14-13-27-40(44)47(41)38-25-11-9-21-34(38)35-22-10-12-26-39(35)47;1-2-15-30(16-3-1)40-28-41(34-21-12-17-29-14-4-5-18-31(29)34)47-44(46-40)35-22-13-26-39-43(35)48-42-27-11-10-25-38(42)45(39)36-23-8-6-19-32(36)33-20-7-9-24-37(33)45;1-2-14-30(15-3-1)40-28-41(32-26-25-29-13-4-5-16-31(29)27-32)47-44(46-40)35-19-12-23-39-43(35)48-42-24-11-10-22-38(42)45(39)36-20-8-6-17-33(36)34-18-7-9-21-37(34)45/h1-30H;2*1-28H. The van der Waals surface area contributed by atoms with Crippen LogP contribution in [0.1, 0.15) is 66.8 Å². The molecule has 6 aliphatic rings. The molecule has 21 aromatic carbocycles. The van der Waals surface area contributed by atoms with Crippen LogP contribution in [0.4, 0.5) is 0 Å². The molecule has 24 aromatic rings. The summed E-state index contributed by atoms with van der Waals surface area (Å²) in [6.07, 6.45) is 0. The lowest BCUT2D eigenvalue weighted by atomic mass is 9.66. The highest BCUT2D eigenvalue weighted by molar-refractivity contribution is 5.99. The van der Waals surface area contributed by atoms with Crippen LogP contribution < -0.4 is 14.2 Å². The average Bonchev–Trinajstić information content (AvgIpc) is 1.51. The van der Waals surface area contributed by atoms with Crippen LogP contribution in [0.25, 0.3) is 168 Å². The molecule has 0 radical (unpaired) electrons. The molecule has 0 unspecified atom stereocenters.